The summed E-state index contributed by atoms with van der Waals surface area (Å²) in [4.78, 5) is 260. The molecule has 0 atom stereocenters. The zero-order valence-corrected chi connectivity index (χ0v) is 63.2. The molecule has 0 aromatic heterocycles. The molecule has 0 fully saturated rings. The first-order valence-electron chi connectivity index (χ1n) is 33.3. The van der Waals surface area contributed by atoms with Gasteiger partial charge in [-0.15, -0.1) is 26.2 Å². The molecule has 114 heavy (non-hydrogen) atoms. The molecular formula is C64H74Cl2N24Ni2O22-8. The summed E-state index contributed by atoms with van der Waals surface area (Å²) in [6, 6.07) is 7.77. The normalized spacial score (nSPS) is 15.6. The molecule has 50 heteroatoms. The molecule has 0 spiro atoms. The van der Waals surface area contributed by atoms with Crippen molar-refractivity contribution >= 4 is 220 Å². The van der Waals surface area contributed by atoms with Gasteiger partial charge in [0.15, 0.2) is 0 Å². The maximum atomic E-state index is 12.5. The number of nitrogens with one attached hydrogen (secondary N) is 12. The largest absolute Gasteiger partial charge is 0.648 e. The van der Waals surface area contributed by atoms with Crippen LogP contribution in [0.1, 0.15) is 77.0 Å². The van der Waals surface area contributed by atoms with Crippen molar-refractivity contribution in [3.63, 3.8) is 0 Å². The summed E-state index contributed by atoms with van der Waals surface area (Å²) in [5, 5.41) is 56.9. The third-order valence-corrected chi connectivity index (χ3v) is 14.3. The van der Waals surface area contributed by atoms with Crippen molar-refractivity contribution < 1.29 is 138 Å². The fraction of sp³-hybridized carbons (Fsp3) is 0.375. The second-order valence-electron chi connectivity index (χ2n) is 22.6. The van der Waals surface area contributed by atoms with E-state index in [-0.39, 0.29) is 280 Å². The number of rotatable bonds is 13. The fourth-order valence-electron chi connectivity index (χ4n) is 8.69. The molecule has 20 amide bonds. The minimum absolute atomic E-state index is 0. The van der Waals surface area contributed by atoms with E-state index in [2.05, 4.69) is 130 Å². The van der Waals surface area contributed by atoms with Crippen LogP contribution in [0.15, 0.2) is 36.4 Å². The van der Waals surface area contributed by atoms with Crippen LogP contribution in [-0.2, 0) is 138 Å². The van der Waals surface area contributed by atoms with Crippen molar-refractivity contribution in [1.82, 2.24) is 21.3 Å². The molecule has 3 aromatic rings. The molecule has 7 rings (SSSR count). The topological polar surface area (TPSA) is 737 Å². The second kappa shape index (κ2) is 51.4. The summed E-state index contributed by atoms with van der Waals surface area (Å²) in [7, 11) is 0. The van der Waals surface area contributed by atoms with Gasteiger partial charge in [0.25, 0.3) is 0 Å². The average Bonchev–Trinajstić information content (AvgIpc) is 0.823. The third kappa shape index (κ3) is 36.3. The molecule has 4 aliphatic rings. The molecule has 0 saturated carbocycles. The summed E-state index contributed by atoms with van der Waals surface area (Å²) in [6.07, 6.45) is -2.12. The van der Waals surface area contributed by atoms with Crippen LogP contribution >= 0.6 is 23.2 Å². The van der Waals surface area contributed by atoms with Gasteiger partial charge in [0.1, 0.15) is 0 Å². The van der Waals surface area contributed by atoms with Gasteiger partial charge >= 0.3 is 34.1 Å². The van der Waals surface area contributed by atoms with E-state index in [0.717, 1.165) is 12.1 Å². The number of carbonyl (C=O) groups is 22. The molecule has 624 valence electrons. The third-order valence-electron chi connectivity index (χ3n) is 13.9. The van der Waals surface area contributed by atoms with Crippen molar-refractivity contribution in [2.45, 2.75) is 77.0 Å². The summed E-state index contributed by atoms with van der Waals surface area (Å²) in [6.45, 7) is -1.41. The maximum absolute atomic E-state index is 12.5. The summed E-state index contributed by atoms with van der Waals surface area (Å²) < 4.78 is 0. The molecule has 0 aliphatic carbocycles. The molecule has 46 nitrogen and oxygen atoms in total. The van der Waals surface area contributed by atoms with E-state index in [1.165, 1.54) is 24.3 Å². The number of nitrogens with zero attached hydrogens (tertiary/aromatic N) is 8. The molecule has 0 radical (unpaired) electrons. The van der Waals surface area contributed by atoms with Crippen LogP contribution in [-0.4, -0.2) is 207 Å². The predicted molar refractivity (Wildman–Crippen MR) is 399 cm³/mol. The Bertz CT molecular complexity index is 3520. The van der Waals surface area contributed by atoms with Gasteiger partial charge in [-0.1, -0.05) is 12.1 Å². The Balaban J connectivity index is 0.000000558. The van der Waals surface area contributed by atoms with E-state index >= 15 is 0 Å². The Morgan fingerprint density at radius 3 is 0.702 bits per heavy atom. The van der Waals surface area contributed by atoms with E-state index in [9.17, 15) is 105 Å². The number of carbonyl (C=O) groups excluding carboxylic acids is 22. The molecule has 0 unspecified atom stereocenters. The summed E-state index contributed by atoms with van der Waals surface area (Å²) in [5.41, 5.74) is 22.1. The number of benzene rings is 3. The van der Waals surface area contributed by atoms with Crippen LogP contribution < -0.4 is 86.7 Å². The first kappa shape index (κ1) is 97.9. The van der Waals surface area contributed by atoms with Crippen molar-refractivity contribution in [3.8, 4) is 0 Å². The van der Waals surface area contributed by atoms with Crippen LogP contribution in [0.2, 0.25) is 0 Å². The van der Waals surface area contributed by atoms with Crippen LogP contribution in [0.25, 0.3) is 42.5 Å². The quantitative estimate of drug-likeness (QED) is 0.0601. The van der Waals surface area contributed by atoms with E-state index in [0.29, 0.717) is 0 Å². The Morgan fingerprint density at radius 2 is 0.518 bits per heavy atom. The minimum Gasteiger partial charge on any atom is -0.648 e. The van der Waals surface area contributed by atoms with E-state index in [1.54, 1.807) is 0 Å². The maximum Gasteiger partial charge on any atom is 0.309 e. The molecule has 4 heterocycles. The van der Waals surface area contributed by atoms with E-state index in [1.807, 2.05) is 0 Å². The number of halogens is 2. The Kier molecular flexibility index (Phi) is 44.1. The van der Waals surface area contributed by atoms with Crippen LogP contribution in [0, 0.1) is 0 Å². The minimum atomic E-state index is -1.17. The molecule has 3 aromatic carbocycles. The van der Waals surface area contributed by atoms with Gasteiger partial charge in [0, 0.05) is 137 Å². The number of fused-ring (bicyclic) bond motifs is 4. The summed E-state index contributed by atoms with van der Waals surface area (Å²) >= 11 is 8.98. The average molecular weight is 1720 g/mol. The van der Waals surface area contributed by atoms with Gasteiger partial charge in [-0.2, -0.15) is 22.7 Å². The van der Waals surface area contributed by atoms with Crippen LogP contribution in [0.4, 0.5) is 68.2 Å². The number of amides is 20. The number of nitrogens with two attached hydrogens (primary N) is 4. The first-order chi connectivity index (χ1) is 53.2. The van der Waals surface area contributed by atoms with Crippen molar-refractivity contribution in [2.24, 2.45) is 22.9 Å². The second-order valence-corrected chi connectivity index (χ2v) is 23.3. The van der Waals surface area contributed by atoms with Gasteiger partial charge in [-0.25, -0.2) is 0 Å². The van der Waals surface area contributed by atoms with Crippen molar-refractivity contribution in [2.75, 3.05) is 121 Å². The van der Waals surface area contributed by atoms with Gasteiger partial charge in [0.05, 0.1) is 92.8 Å². The van der Waals surface area contributed by atoms with Gasteiger partial charge in [0.2, 0.25) is 47.3 Å². The first-order valence-corrected chi connectivity index (χ1v) is 34.1. The fourth-order valence-corrected chi connectivity index (χ4v) is 8.69. The molecule has 4 aliphatic heterocycles. The summed E-state index contributed by atoms with van der Waals surface area (Å²) in [5.74, 6) is -15.5. The van der Waals surface area contributed by atoms with Crippen LogP contribution in [0.5, 0.6) is 0 Å². The SMILES string of the molecule is NCCC(=O)Nc1cc(NC(=O)CCN)c(NC(=O)CCN)cc1NC(=O)CCN.O=C(Cl)C(=O)Cl.O=C1CCNC(=O)C(=O)NCCC(=O)Nc2cc3c(cc2N1)NC(=O)CCNC(=O)C(=O)NCCC(=O)N3.O=C1CC[N-]C(=O)C(=O)[N-]CCC(=O)[N-]c2cc3c(cc2[N-]1)[N-]C(=O)CC[N-]C(=O)C(=O)[N-]CCC(=O)[N-]3.[Ni].[Ni]. The van der Waals surface area contributed by atoms with Crippen molar-refractivity contribution in [3.05, 3.63) is 78.9 Å². The Hall–Kier alpha value is -12.2. The number of anilines is 8. The predicted octanol–water partition coefficient (Wildman–Crippen LogP) is -0.156. The molecule has 20 N–H and O–H groups in total. The number of hydrogen-bond acceptors (Lipinski definition) is 26. The number of hydrogen-bond donors (Lipinski definition) is 16. The zero-order chi connectivity index (χ0) is 83.0. The monoisotopic (exact) mass is 1720 g/mol. The molecule has 0 saturated heterocycles. The van der Waals surface area contributed by atoms with Crippen molar-refractivity contribution in [1.29, 1.82) is 0 Å². The van der Waals surface area contributed by atoms with E-state index < -0.39 is 105 Å². The van der Waals surface area contributed by atoms with Gasteiger partial charge in [-0.05, 0) is 73.2 Å². The van der Waals surface area contributed by atoms with Gasteiger partial charge in [-0.3, -0.25) is 67.1 Å². The molecule has 0 bridgehead atoms. The Morgan fingerprint density at radius 1 is 0.316 bits per heavy atom. The zero-order valence-electron chi connectivity index (χ0n) is 59.7. The Labute approximate surface area is 676 Å². The van der Waals surface area contributed by atoms with Crippen LogP contribution in [0.3, 0.4) is 0 Å². The standard InChI is InChI=1S/2C22H26N8O8.C18H30N8O4.C2Cl2O2.2Ni/c2*31-15-1-5-23-19(35)20(36)24-6-2-16(32)28-12-10-14-13(9-11(12)27-15)29-17(33)3-7-25-21(37)22(38)26-8-4-18(34)30-14;19-5-1-15(27)23-11-9-13(25-17(29)3-7-21)14(26-18(30)4-8-22)10-12(11)24-16(28)2-6-20;3-1(5)2(4)6;;/h9-10H,1-8H2,(H,23,35)(H,24,36)(H,25,37)(H,26,38)(H,27,31)(H,28,32)(H,29,33)(H,30,34);9-10H,1-8H2,(H8,23,24,25,26,27,28,29,30,31,32,33,34,35,36,37,38);9-10H,1-8,19-22H2,(H,23,27)(H,24,28)(H,25,29)(H,26,30);;;/p-8. The molecular weight excluding hydrogens is 1650 g/mol. The smallest absolute Gasteiger partial charge is 0.309 e. The van der Waals surface area contributed by atoms with Gasteiger partial charge < -0.3 is 168 Å². The van der Waals surface area contributed by atoms with E-state index in [4.69, 9.17) is 22.9 Å².